The van der Waals surface area contributed by atoms with Gasteiger partial charge in [-0.2, -0.15) is 0 Å². The zero-order valence-corrected chi connectivity index (χ0v) is 12.6. The van der Waals surface area contributed by atoms with E-state index >= 15 is 0 Å². The number of hydrogen-bond acceptors (Lipinski definition) is 3. The molecule has 2 aromatic rings. The fourth-order valence-corrected chi connectivity index (χ4v) is 1.89. The van der Waals surface area contributed by atoms with Crippen LogP contribution in [0.1, 0.15) is 29.8 Å². The third-order valence-electron chi connectivity index (χ3n) is 3.00. The summed E-state index contributed by atoms with van der Waals surface area (Å²) in [5, 5.41) is 2.81. The van der Waals surface area contributed by atoms with E-state index in [4.69, 9.17) is 10.5 Å². The van der Waals surface area contributed by atoms with Crippen LogP contribution in [-0.2, 0) is 6.61 Å². The summed E-state index contributed by atoms with van der Waals surface area (Å²) in [5.74, 6) is -0.0435. The first kappa shape index (κ1) is 15.8. The molecule has 2 rings (SSSR count). The lowest BCUT2D eigenvalue weighted by Crippen LogP contribution is -2.30. The molecule has 2 aromatic carbocycles. The van der Waals surface area contributed by atoms with Crippen LogP contribution in [0.2, 0.25) is 0 Å². The molecule has 5 heteroatoms. The Kier molecular flexibility index (Phi) is 4.99. The average molecular weight is 302 g/mol. The average Bonchev–Trinajstić information content (AvgIpc) is 2.47. The van der Waals surface area contributed by atoms with Crippen molar-refractivity contribution in [2.45, 2.75) is 26.5 Å². The Hall–Kier alpha value is -2.56. The number of nitrogens with one attached hydrogen (secondary N) is 1. The van der Waals surface area contributed by atoms with Gasteiger partial charge in [-0.15, -0.1) is 0 Å². The highest BCUT2D eigenvalue weighted by atomic mass is 19.1. The molecule has 0 bridgehead atoms. The SMILES string of the molecule is CC(C)NC(=O)c1ccc(N)c(OCc2ccc(F)cc2)c1. The Morgan fingerprint density at radius 2 is 1.91 bits per heavy atom. The standard InChI is InChI=1S/C17H19FN2O2/c1-11(2)20-17(21)13-5-8-15(19)16(9-13)22-10-12-3-6-14(18)7-4-12/h3-9,11H,10,19H2,1-2H3,(H,20,21). The lowest BCUT2D eigenvalue weighted by molar-refractivity contribution is 0.0942. The van der Waals surface area contributed by atoms with Crippen molar-refractivity contribution in [3.63, 3.8) is 0 Å². The van der Waals surface area contributed by atoms with Gasteiger partial charge >= 0.3 is 0 Å². The molecule has 4 nitrogen and oxygen atoms in total. The fraction of sp³-hybridized carbons (Fsp3) is 0.235. The second-order valence-corrected chi connectivity index (χ2v) is 5.30. The number of ether oxygens (including phenoxy) is 1. The van der Waals surface area contributed by atoms with E-state index < -0.39 is 0 Å². The second-order valence-electron chi connectivity index (χ2n) is 5.30. The van der Waals surface area contributed by atoms with Crippen LogP contribution in [0.3, 0.4) is 0 Å². The zero-order chi connectivity index (χ0) is 16.1. The maximum atomic E-state index is 12.9. The summed E-state index contributed by atoms with van der Waals surface area (Å²) in [6.07, 6.45) is 0. The van der Waals surface area contributed by atoms with E-state index in [9.17, 15) is 9.18 Å². The molecule has 116 valence electrons. The highest BCUT2D eigenvalue weighted by molar-refractivity contribution is 5.95. The Labute approximate surface area is 129 Å². The molecule has 0 heterocycles. The summed E-state index contributed by atoms with van der Waals surface area (Å²) in [6, 6.07) is 11.0. The summed E-state index contributed by atoms with van der Waals surface area (Å²) < 4.78 is 18.5. The monoisotopic (exact) mass is 302 g/mol. The first-order valence-corrected chi connectivity index (χ1v) is 7.03. The molecule has 22 heavy (non-hydrogen) atoms. The second kappa shape index (κ2) is 6.93. The number of nitrogens with two attached hydrogens (primary N) is 1. The van der Waals surface area contributed by atoms with Crippen molar-refractivity contribution in [2.24, 2.45) is 0 Å². The number of nitrogen functional groups attached to an aromatic ring is 1. The zero-order valence-electron chi connectivity index (χ0n) is 12.6. The van der Waals surface area contributed by atoms with Crippen LogP contribution in [0.5, 0.6) is 5.75 Å². The van der Waals surface area contributed by atoms with Gasteiger partial charge in [-0.25, -0.2) is 4.39 Å². The molecule has 0 aliphatic rings. The fourth-order valence-electron chi connectivity index (χ4n) is 1.89. The van der Waals surface area contributed by atoms with Gasteiger partial charge in [0.25, 0.3) is 5.91 Å². The lowest BCUT2D eigenvalue weighted by atomic mass is 10.1. The number of anilines is 1. The largest absolute Gasteiger partial charge is 0.487 e. The van der Waals surface area contributed by atoms with Crippen LogP contribution in [0.15, 0.2) is 42.5 Å². The van der Waals surface area contributed by atoms with E-state index in [0.29, 0.717) is 17.0 Å². The summed E-state index contributed by atoms with van der Waals surface area (Å²) in [7, 11) is 0. The van der Waals surface area contributed by atoms with Crippen molar-refractivity contribution < 1.29 is 13.9 Å². The molecular formula is C17H19FN2O2. The van der Waals surface area contributed by atoms with Crippen molar-refractivity contribution in [1.82, 2.24) is 5.32 Å². The number of carbonyl (C=O) groups excluding carboxylic acids is 1. The van der Waals surface area contributed by atoms with Crippen molar-refractivity contribution in [3.8, 4) is 5.75 Å². The van der Waals surface area contributed by atoms with Gasteiger partial charge in [0.15, 0.2) is 0 Å². The minimum Gasteiger partial charge on any atom is -0.487 e. The molecule has 0 fully saturated rings. The molecule has 0 aliphatic carbocycles. The van der Waals surface area contributed by atoms with Gasteiger partial charge in [0.1, 0.15) is 18.2 Å². The molecule has 0 radical (unpaired) electrons. The summed E-state index contributed by atoms with van der Waals surface area (Å²) in [4.78, 5) is 12.0. The molecule has 0 aromatic heterocycles. The van der Waals surface area contributed by atoms with Crippen LogP contribution >= 0.6 is 0 Å². The Bertz CT molecular complexity index is 654. The third kappa shape index (κ3) is 4.22. The Morgan fingerprint density at radius 1 is 1.23 bits per heavy atom. The van der Waals surface area contributed by atoms with Crippen LogP contribution in [0.25, 0.3) is 0 Å². The van der Waals surface area contributed by atoms with E-state index in [-0.39, 0.29) is 24.4 Å². The molecule has 0 unspecified atom stereocenters. The minimum atomic E-state index is -0.296. The van der Waals surface area contributed by atoms with Gasteiger partial charge in [0, 0.05) is 11.6 Å². The van der Waals surface area contributed by atoms with Crippen LogP contribution in [0, 0.1) is 5.82 Å². The lowest BCUT2D eigenvalue weighted by Gasteiger charge is -2.12. The van der Waals surface area contributed by atoms with Gasteiger partial charge in [0.05, 0.1) is 5.69 Å². The van der Waals surface area contributed by atoms with Crippen molar-refractivity contribution in [3.05, 3.63) is 59.4 Å². The number of amides is 1. The highest BCUT2D eigenvalue weighted by Crippen LogP contribution is 2.24. The number of hydrogen-bond donors (Lipinski definition) is 2. The van der Waals surface area contributed by atoms with Gasteiger partial charge in [-0.3, -0.25) is 4.79 Å². The van der Waals surface area contributed by atoms with E-state index in [2.05, 4.69) is 5.32 Å². The summed E-state index contributed by atoms with van der Waals surface area (Å²) >= 11 is 0. The molecule has 0 aliphatic heterocycles. The van der Waals surface area contributed by atoms with E-state index in [1.165, 1.54) is 12.1 Å². The molecule has 0 atom stereocenters. The van der Waals surface area contributed by atoms with Gasteiger partial charge in [-0.1, -0.05) is 12.1 Å². The smallest absolute Gasteiger partial charge is 0.251 e. The van der Waals surface area contributed by atoms with Crippen molar-refractivity contribution in [2.75, 3.05) is 5.73 Å². The predicted molar refractivity (Wildman–Crippen MR) is 84.2 cm³/mol. The van der Waals surface area contributed by atoms with Crippen molar-refractivity contribution in [1.29, 1.82) is 0 Å². The first-order valence-electron chi connectivity index (χ1n) is 7.03. The topological polar surface area (TPSA) is 64.4 Å². The molecule has 0 saturated carbocycles. The maximum absolute atomic E-state index is 12.9. The highest BCUT2D eigenvalue weighted by Gasteiger charge is 2.10. The molecule has 0 spiro atoms. The quantitative estimate of drug-likeness (QED) is 0.834. The predicted octanol–water partition coefficient (Wildman–Crippen LogP) is 3.13. The van der Waals surface area contributed by atoms with E-state index in [0.717, 1.165) is 5.56 Å². The normalized spacial score (nSPS) is 10.5. The van der Waals surface area contributed by atoms with Crippen LogP contribution in [0.4, 0.5) is 10.1 Å². The summed E-state index contributed by atoms with van der Waals surface area (Å²) in [6.45, 7) is 4.03. The van der Waals surface area contributed by atoms with E-state index in [1.807, 2.05) is 13.8 Å². The van der Waals surface area contributed by atoms with Gasteiger partial charge in [0.2, 0.25) is 0 Å². The van der Waals surface area contributed by atoms with Crippen molar-refractivity contribution >= 4 is 11.6 Å². The Balaban J connectivity index is 2.09. The van der Waals surface area contributed by atoms with Gasteiger partial charge < -0.3 is 15.8 Å². The van der Waals surface area contributed by atoms with Gasteiger partial charge in [-0.05, 0) is 49.7 Å². The molecule has 3 N–H and O–H groups in total. The number of rotatable bonds is 5. The van der Waals surface area contributed by atoms with E-state index in [1.54, 1.807) is 30.3 Å². The first-order chi connectivity index (χ1) is 10.5. The third-order valence-corrected chi connectivity index (χ3v) is 3.00. The minimum absolute atomic E-state index is 0.0497. The number of benzene rings is 2. The van der Waals surface area contributed by atoms with Crippen LogP contribution in [-0.4, -0.2) is 11.9 Å². The summed E-state index contributed by atoms with van der Waals surface area (Å²) in [5.41, 5.74) is 7.61. The maximum Gasteiger partial charge on any atom is 0.251 e. The number of carbonyl (C=O) groups is 1. The molecular weight excluding hydrogens is 283 g/mol. The molecule has 0 saturated heterocycles. The Morgan fingerprint density at radius 3 is 2.55 bits per heavy atom. The molecule has 1 amide bonds. The van der Waals surface area contributed by atoms with Crippen LogP contribution < -0.4 is 15.8 Å². The number of halogens is 1.